The maximum atomic E-state index is 6.00. The zero-order valence-electron chi connectivity index (χ0n) is 13.2. The number of hydrogen-bond acceptors (Lipinski definition) is 5. The van der Waals surface area contributed by atoms with E-state index in [2.05, 4.69) is 24.1 Å². The largest absolute Gasteiger partial charge is 0.368 e. The molecule has 21 heavy (non-hydrogen) atoms. The van der Waals surface area contributed by atoms with Crippen molar-refractivity contribution in [3.8, 4) is 0 Å². The number of ether oxygens (including phenoxy) is 1. The molecule has 1 saturated heterocycles. The van der Waals surface area contributed by atoms with Gasteiger partial charge >= 0.3 is 0 Å². The number of hydrogen-bond donors (Lipinski definition) is 1. The van der Waals surface area contributed by atoms with Gasteiger partial charge < -0.3 is 10.1 Å². The molecule has 0 amide bonds. The molecule has 0 radical (unpaired) electrons. The van der Waals surface area contributed by atoms with Gasteiger partial charge in [0, 0.05) is 18.0 Å². The summed E-state index contributed by atoms with van der Waals surface area (Å²) in [6.45, 7) is 9.52. The third kappa shape index (κ3) is 3.47. The van der Waals surface area contributed by atoms with E-state index < -0.39 is 0 Å². The van der Waals surface area contributed by atoms with Gasteiger partial charge in [0.25, 0.3) is 0 Å². The maximum Gasteiger partial charge on any atom is 0.123 e. The topological polar surface area (TPSA) is 37.4 Å². The maximum absolute atomic E-state index is 6.00. The molecular weight excluding hydrogens is 282 g/mol. The van der Waals surface area contributed by atoms with Crippen molar-refractivity contribution < 1.29 is 4.74 Å². The Balaban J connectivity index is 1.74. The smallest absolute Gasteiger partial charge is 0.123 e. The van der Waals surface area contributed by atoms with E-state index in [1.54, 1.807) is 0 Å². The van der Waals surface area contributed by atoms with E-state index in [1.165, 1.54) is 47.8 Å². The van der Waals surface area contributed by atoms with Gasteiger partial charge in [-0.25, -0.2) is 4.98 Å². The Morgan fingerprint density at radius 2 is 2.33 bits per heavy atom. The molecule has 0 spiro atoms. The van der Waals surface area contributed by atoms with Gasteiger partial charge in [-0.1, -0.05) is 13.8 Å². The minimum atomic E-state index is 0.183. The van der Waals surface area contributed by atoms with E-state index in [9.17, 15) is 0 Å². The van der Waals surface area contributed by atoms with Gasteiger partial charge in [0.1, 0.15) is 11.1 Å². The van der Waals surface area contributed by atoms with E-state index in [-0.39, 0.29) is 6.10 Å². The van der Waals surface area contributed by atoms with Crippen LogP contribution < -0.4 is 5.32 Å². The van der Waals surface area contributed by atoms with Gasteiger partial charge in [-0.3, -0.25) is 4.90 Å². The molecule has 118 valence electrons. The molecule has 1 aliphatic carbocycles. The van der Waals surface area contributed by atoms with Crippen molar-refractivity contribution in [2.24, 2.45) is 0 Å². The van der Waals surface area contributed by atoms with Crippen molar-refractivity contribution in [1.29, 1.82) is 0 Å². The minimum Gasteiger partial charge on any atom is -0.368 e. The highest BCUT2D eigenvalue weighted by Gasteiger charge is 2.29. The number of morpholine rings is 1. The van der Waals surface area contributed by atoms with Crippen LogP contribution in [-0.2, 0) is 11.2 Å². The number of aromatic nitrogens is 1. The Morgan fingerprint density at radius 3 is 3.14 bits per heavy atom. The predicted molar refractivity (Wildman–Crippen MR) is 86.9 cm³/mol. The highest BCUT2D eigenvalue weighted by molar-refractivity contribution is 7.11. The monoisotopic (exact) mass is 309 g/mol. The number of nitrogens with one attached hydrogen (secondary N) is 1. The minimum absolute atomic E-state index is 0.183. The second kappa shape index (κ2) is 7.18. The van der Waals surface area contributed by atoms with Gasteiger partial charge in [0.2, 0.25) is 0 Å². The molecule has 2 heterocycles. The molecule has 1 aliphatic heterocycles. The summed E-state index contributed by atoms with van der Waals surface area (Å²) in [6, 6.07) is 0.457. The number of thiazole rings is 1. The lowest BCUT2D eigenvalue weighted by molar-refractivity contribution is -0.0300. The average molecular weight is 309 g/mol. The molecule has 2 atom stereocenters. The van der Waals surface area contributed by atoms with Crippen LogP contribution in [0.4, 0.5) is 0 Å². The van der Waals surface area contributed by atoms with E-state index >= 15 is 0 Å². The molecule has 2 unspecified atom stereocenters. The summed E-state index contributed by atoms with van der Waals surface area (Å²) in [5.74, 6) is 0. The summed E-state index contributed by atoms with van der Waals surface area (Å²) in [5.41, 5.74) is 1.30. The van der Waals surface area contributed by atoms with Crippen LogP contribution in [0.5, 0.6) is 0 Å². The molecule has 1 fully saturated rings. The SMILES string of the molecule is CCCN1CCOC(c2nc3c(s2)CCCC3NCC)C1. The molecule has 1 aromatic rings. The molecule has 5 heteroatoms. The van der Waals surface area contributed by atoms with Crippen LogP contribution in [-0.4, -0.2) is 42.7 Å². The molecule has 4 nitrogen and oxygen atoms in total. The Kier molecular flexibility index (Phi) is 5.27. The predicted octanol–water partition coefficient (Wildman–Crippen LogP) is 2.91. The van der Waals surface area contributed by atoms with E-state index in [4.69, 9.17) is 9.72 Å². The van der Waals surface area contributed by atoms with Gasteiger partial charge in [-0.05, 0) is 38.8 Å². The van der Waals surface area contributed by atoms with Crippen molar-refractivity contribution >= 4 is 11.3 Å². The zero-order chi connectivity index (χ0) is 14.7. The zero-order valence-corrected chi connectivity index (χ0v) is 14.0. The van der Waals surface area contributed by atoms with Crippen LogP contribution in [0.25, 0.3) is 0 Å². The normalized spacial score (nSPS) is 26.8. The summed E-state index contributed by atoms with van der Waals surface area (Å²) in [6.07, 6.45) is 5.09. The van der Waals surface area contributed by atoms with Crippen LogP contribution >= 0.6 is 11.3 Å². The molecule has 3 rings (SSSR count). The number of nitrogens with zero attached hydrogens (tertiary/aromatic N) is 2. The fraction of sp³-hybridized carbons (Fsp3) is 0.812. The van der Waals surface area contributed by atoms with Gasteiger partial charge in [0.15, 0.2) is 0 Å². The first-order valence-electron chi connectivity index (χ1n) is 8.38. The fourth-order valence-electron chi connectivity index (χ4n) is 3.39. The van der Waals surface area contributed by atoms with Gasteiger partial charge in [-0.15, -0.1) is 11.3 Å². The van der Waals surface area contributed by atoms with Crippen molar-refractivity contribution in [3.05, 3.63) is 15.6 Å². The van der Waals surface area contributed by atoms with Crippen LogP contribution in [0.15, 0.2) is 0 Å². The van der Waals surface area contributed by atoms with Crippen molar-refractivity contribution in [1.82, 2.24) is 15.2 Å². The van der Waals surface area contributed by atoms with Crippen molar-refractivity contribution in [2.45, 2.75) is 51.7 Å². The molecule has 0 bridgehead atoms. The first kappa shape index (κ1) is 15.4. The van der Waals surface area contributed by atoms with E-state index in [0.717, 1.165) is 26.2 Å². The van der Waals surface area contributed by atoms with Crippen molar-refractivity contribution in [2.75, 3.05) is 32.8 Å². The fourth-order valence-corrected chi connectivity index (χ4v) is 4.60. The third-order valence-corrected chi connectivity index (χ3v) is 5.61. The highest BCUT2D eigenvalue weighted by atomic mass is 32.1. The number of fused-ring (bicyclic) bond motifs is 1. The molecule has 1 N–H and O–H groups in total. The molecule has 0 saturated carbocycles. The van der Waals surface area contributed by atoms with Crippen LogP contribution in [0, 0.1) is 0 Å². The summed E-state index contributed by atoms with van der Waals surface area (Å²) in [7, 11) is 0. The third-order valence-electron chi connectivity index (χ3n) is 4.39. The highest BCUT2D eigenvalue weighted by Crippen LogP contribution is 2.36. The Bertz CT molecular complexity index is 460. The summed E-state index contributed by atoms with van der Waals surface area (Å²) >= 11 is 1.89. The Labute approximate surface area is 131 Å². The Hall–Kier alpha value is -0.490. The first-order valence-corrected chi connectivity index (χ1v) is 9.20. The van der Waals surface area contributed by atoms with E-state index in [1.807, 2.05) is 11.3 Å². The number of rotatable bonds is 5. The quantitative estimate of drug-likeness (QED) is 0.907. The van der Waals surface area contributed by atoms with Crippen LogP contribution in [0.2, 0.25) is 0 Å². The number of aryl methyl sites for hydroxylation is 1. The second-order valence-corrected chi connectivity index (χ2v) is 7.14. The lowest BCUT2D eigenvalue weighted by Gasteiger charge is -2.31. The van der Waals surface area contributed by atoms with Crippen LogP contribution in [0.1, 0.15) is 60.8 Å². The Morgan fingerprint density at radius 1 is 1.43 bits per heavy atom. The standard InChI is InChI=1S/C16H27N3OS/c1-3-8-19-9-10-20-13(11-19)16-18-15-12(17-4-2)6-5-7-14(15)21-16/h12-13,17H,3-11H2,1-2H3. The summed E-state index contributed by atoms with van der Waals surface area (Å²) in [4.78, 5) is 8.97. The lowest BCUT2D eigenvalue weighted by atomic mass is 9.98. The van der Waals surface area contributed by atoms with Crippen molar-refractivity contribution in [3.63, 3.8) is 0 Å². The van der Waals surface area contributed by atoms with Gasteiger partial charge in [0.05, 0.1) is 18.3 Å². The molecule has 2 aliphatic rings. The lowest BCUT2D eigenvalue weighted by Crippen LogP contribution is -2.38. The van der Waals surface area contributed by atoms with Crippen LogP contribution in [0.3, 0.4) is 0 Å². The first-order chi connectivity index (χ1) is 10.3. The molecule has 0 aromatic carbocycles. The summed E-state index contributed by atoms with van der Waals surface area (Å²) < 4.78 is 6.00. The molecular formula is C16H27N3OS. The molecule has 1 aromatic heterocycles. The second-order valence-electron chi connectivity index (χ2n) is 6.02. The average Bonchev–Trinajstić information content (AvgIpc) is 2.93. The summed E-state index contributed by atoms with van der Waals surface area (Å²) in [5, 5.41) is 4.78. The van der Waals surface area contributed by atoms with E-state index in [0.29, 0.717) is 6.04 Å². The van der Waals surface area contributed by atoms with Gasteiger partial charge in [-0.2, -0.15) is 0 Å².